The van der Waals surface area contributed by atoms with E-state index in [2.05, 4.69) is 6.92 Å². The van der Waals surface area contributed by atoms with E-state index in [1.807, 2.05) is 0 Å². The Morgan fingerprint density at radius 1 is 1.29 bits per heavy atom. The second-order valence-electron chi connectivity index (χ2n) is 4.67. The molecule has 1 aliphatic heterocycles. The molecule has 1 aliphatic carbocycles. The van der Waals surface area contributed by atoms with Crippen molar-refractivity contribution in [1.82, 2.24) is 0 Å². The van der Waals surface area contributed by atoms with Gasteiger partial charge in [-0.3, -0.25) is 4.79 Å². The average Bonchev–Trinajstić information content (AvgIpc) is 2.19. The van der Waals surface area contributed by atoms with E-state index in [0.29, 0.717) is 12.3 Å². The van der Waals surface area contributed by atoms with Gasteiger partial charge in [-0.25, -0.2) is 0 Å². The number of allylic oxidation sites excluding steroid dienone is 1. The van der Waals surface area contributed by atoms with Crippen LogP contribution < -0.4 is 0 Å². The molecule has 2 aliphatic rings. The molecule has 0 amide bonds. The Bertz CT molecular complexity index is 237. The first-order chi connectivity index (χ1) is 6.75. The summed E-state index contributed by atoms with van der Waals surface area (Å²) in [6.45, 7) is 2.31. The highest BCUT2D eigenvalue weighted by molar-refractivity contribution is 5.90. The Labute approximate surface area is 85.3 Å². The molecule has 0 aromatic carbocycles. The van der Waals surface area contributed by atoms with Crippen LogP contribution in [0.4, 0.5) is 0 Å². The van der Waals surface area contributed by atoms with Crippen LogP contribution in [0.5, 0.6) is 0 Å². The van der Waals surface area contributed by atoms with Crippen LogP contribution in [0.25, 0.3) is 0 Å². The molecule has 1 atom stereocenters. The van der Waals surface area contributed by atoms with E-state index in [1.165, 1.54) is 25.7 Å². The maximum absolute atomic E-state index is 11.2. The highest BCUT2D eigenvalue weighted by Gasteiger charge is 2.29. The second kappa shape index (κ2) is 4.16. The van der Waals surface area contributed by atoms with Crippen molar-refractivity contribution in [2.45, 2.75) is 45.1 Å². The predicted molar refractivity (Wildman–Crippen MR) is 54.8 cm³/mol. The monoisotopic (exact) mass is 194 g/mol. The summed E-state index contributed by atoms with van der Waals surface area (Å²) >= 11 is 0. The third kappa shape index (κ3) is 2.17. The van der Waals surface area contributed by atoms with Crippen LogP contribution in [0.3, 0.4) is 0 Å². The van der Waals surface area contributed by atoms with Gasteiger partial charge >= 0.3 is 0 Å². The molecule has 1 fully saturated rings. The van der Waals surface area contributed by atoms with Crippen molar-refractivity contribution >= 4 is 5.78 Å². The Morgan fingerprint density at radius 3 is 2.64 bits per heavy atom. The van der Waals surface area contributed by atoms with Gasteiger partial charge in [0, 0.05) is 12.5 Å². The minimum absolute atomic E-state index is 0.167. The fraction of sp³-hybridized carbons (Fsp3) is 0.750. The van der Waals surface area contributed by atoms with Crippen LogP contribution in [-0.2, 0) is 9.53 Å². The van der Waals surface area contributed by atoms with Crippen LogP contribution in [0.2, 0.25) is 0 Å². The number of ketones is 1. The smallest absolute Gasteiger partial charge is 0.162 e. The first-order valence-corrected chi connectivity index (χ1v) is 5.60. The Balaban J connectivity index is 1.89. The summed E-state index contributed by atoms with van der Waals surface area (Å²) in [7, 11) is 0. The first kappa shape index (κ1) is 9.75. The summed E-state index contributed by atoms with van der Waals surface area (Å²) in [6, 6.07) is 0. The lowest BCUT2D eigenvalue weighted by molar-refractivity contribution is -0.119. The molecule has 0 radical (unpaired) electrons. The van der Waals surface area contributed by atoms with Gasteiger partial charge in [0.2, 0.25) is 0 Å². The normalized spacial score (nSPS) is 38.1. The quantitative estimate of drug-likeness (QED) is 0.641. The van der Waals surface area contributed by atoms with E-state index < -0.39 is 0 Å². The summed E-state index contributed by atoms with van der Waals surface area (Å²) < 4.78 is 5.52. The fourth-order valence-electron chi connectivity index (χ4n) is 2.47. The molecule has 2 rings (SSSR count). The number of hydrogen-bond acceptors (Lipinski definition) is 2. The average molecular weight is 194 g/mol. The van der Waals surface area contributed by atoms with Gasteiger partial charge in [-0.05, 0) is 24.7 Å². The third-order valence-corrected chi connectivity index (χ3v) is 3.50. The lowest BCUT2D eigenvalue weighted by Crippen LogP contribution is -2.30. The molecule has 0 bridgehead atoms. The molecule has 0 N–H and O–H groups in total. The van der Waals surface area contributed by atoms with E-state index in [1.54, 1.807) is 12.3 Å². The van der Waals surface area contributed by atoms with Crippen LogP contribution in [-0.4, -0.2) is 11.9 Å². The lowest BCUT2D eigenvalue weighted by Gasteiger charge is -2.32. The van der Waals surface area contributed by atoms with Crippen molar-refractivity contribution in [2.75, 3.05) is 0 Å². The second-order valence-corrected chi connectivity index (χ2v) is 4.67. The van der Waals surface area contributed by atoms with Gasteiger partial charge in [-0.15, -0.1) is 0 Å². The van der Waals surface area contributed by atoms with E-state index in [4.69, 9.17) is 4.74 Å². The molecular formula is C12H18O2. The molecule has 2 nitrogen and oxygen atoms in total. The number of hydrogen-bond donors (Lipinski definition) is 0. The Hall–Kier alpha value is -0.790. The highest BCUT2D eigenvalue weighted by atomic mass is 16.5. The van der Waals surface area contributed by atoms with Crippen molar-refractivity contribution in [1.29, 1.82) is 0 Å². The molecule has 78 valence electrons. The zero-order chi connectivity index (χ0) is 9.97. The summed E-state index contributed by atoms with van der Waals surface area (Å²) in [6.07, 6.45) is 8.93. The number of rotatable bonds is 1. The molecule has 1 heterocycles. The van der Waals surface area contributed by atoms with E-state index >= 15 is 0 Å². The number of carbonyl (C=O) groups is 1. The Morgan fingerprint density at radius 2 is 2.00 bits per heavy atom. The van der Waals surface area contributed by atoms with Crippen LogP contribution >= 0.6 is 0 Å². The maximum Gasteiger partial charge on any atom is 0.162 e. The zero-order valence-corrected chi connectivity index (χ0v) is 8.74. The zero-order valence-electron chi connectivity index (χ0n) is 8.74. The van der Waals surface area contributed by atoms with Gasteiger partial charge < -0.3 is 4.74 Å². The van der Waals surface area contributed by atoms with Gasteiger partial charge in [0.1, 0.15) is 6.10 Å². The van der Waals surface area contributed by atoms with Crippen molar-refractivity contribution in [3.8, 4) is 0 Å². The van der Waals surface area contributed by atoms with E-state index in [9.17, 15) is 4.79 Å². The van der Waals surface area contributed by atoms with Crippen molar-refractivity contribution in [3.63, 3.8) is 0 Å². The lowest BCUT2D eigenvalue weighted by atomic mass is 9.79. The fourth-order valence-corrected chi connectivity index (χ4v) is 2.47. The van der Waals surface area contributed by atoms with E-state index in [0.717, 1.165) is 5.92 Å². The first-order valence-electron chi connectivity index (χ1n) is 5.60. The minimum Gasteiger partial charge on any atom is -0.497 e. The molecule has 0 spiro atoms. The topological polar surface area (TPSA) is 26.3 Å². The third-order valence-electron chi connectivity index (χ3n) is 3.50. The summed E-state index contributed by atoms with van der Waals surface area (Å²) in [5, 5.41) is 0. The molecule has 0 aromatic heterocycles. The predicted octanol–water partition coefficient (Wildman–Crippen LogP) is 2.68. The standard InChI is InChI=1S/C12H18O2/c1-9-2-4-10(5-3-9)12-8-11(13)6-7-14-12/h6-7,9-10,12H,2-5,8H2,1H3. The van der Waals surface area contributed by atoms with Crippen molar-refractivity contribution in [2.24, 2.45) is 11.8 Å². The van der Waals surface area contributed by atoms with Gasteiger partial charge in [0.05, 0.1) is 6.26 Å². The number of carbonyl (C=O) groups excluding carboxylic acids is 1. The highest BCUT2D eigenvalue weighted by Crippen LogP contribution is 2.33. The Kier molecular flexibility index (Phi) is 2.90. The van der Waals surface area contributed by atoms with Gasteiger partial charge in [-0.2, -0.15) is 0 Å². The van der Waals surface area contributed by atoms with Gasteiger partial charge in [0.25, 0.3) is 0 Å². The molecular weight excluding hydrogens is 176 g/mol. The van der Waals surface area contributed by atoms with Crippen LogP contribution in [0, 0.1) is 11.8 Å². The molecule has 1 saturated carbocycles. The van der Waals surface area contributed by atoms with Gasteiger partial charge in [-0.1, -0.05) is 19.8 Å². The van der Waals surface area contributed by atoms with Crippen molar-refractivity contribution < 1.29 is 9.53 Å². The van der Waals surface area contributed by atoms with Crippen LogP contribution in [0.1, 0.15) is 39.0 Å². The largest absolute Gasteiger partial charge is 0.497 e. The molecule has 1 unspecified atom stereocenters. The van der Waals surface area contributed by atoms with Crippen LogP contribution in [0.15, 0.2) is 12.3 Å². The molecule has 2 heteroatoms. The summed E-state index contributed by atoms with van der Waals surface area (Å²) in [5.41, 5.74) is 0. The molecule has 0 saturated heterocycles. The van der Waals surface area contributed by atoms with Crippen molar-refractivity contribution in [3.05, 3.63) is 12.3 Å². The molecule has 14 heavy (non-hydrogen) atoms. The maximum atomic E-state index is 11.2. The molecule has 0 aromatic rings. The van der Waals surface area contributed by atoms with E-state index in [-0.39, 0.29) is 11.9 Å². The summed E-state index contributed by atoms with van der Waals surface area (Å²) in [4.78, 5) is 11.2. The minimum atomic E-state index is 0.167. The summed E-state index contributed by atoms with van der Waals surface area (Å²) in [5.74, 6) is 1.70. The van der Waals surface area contributed by atoms with Gasteiger partial charge in [0.15, 0.2) is 5.78 Å². The SMILES string of the molecule is CC1CCC(C2CC(=O)C=CO2)CC1. The number of ether oxygens (including phenoxy) is 1.